The van der Waals surface area contributed by atoms with Crippen molar-refractivity contribution in [3.8, 4) is 0 Å². The molecule has 0 saturated heterocycles. The smallest absolute Gasteiger partial charge is 0.245 e. The summed E-state index contributed by atoms with van der Waals surface area (Å²) >= 11 is 2.83. The number of aromatic amines is 1. The molecule has 102 valence electrons. The van der Waals surface area contributed by atoms with E-state index in [2.05, 4.69) is 30.6 Å². The number of imidazole rings is 1. The zero-order valence-electron chi connectivity index (χ0n) is 9.32. The van der Waals surface area contributed by atoms with Crippen molar-refractivity contribution in [1.82, 2.24) is 14.7 Å². The van der Waals surface area contributed by atoms with Crippen molar-refractivity contribution in [2.24, 2.45) is 0 Å². The van der Waals surface area contributed by atoms with Gasteiger partial charge >= 0.3 is 0 Å². The van der Waals surface area contributed by atoms with Crippen molar-refractivity contribution in [3.63, 3.8) is 0 Å². The van der Waals surface area contributed by atoms with Gasteiger partial charge in [-0.25, -0.2) is 26.9 Å². The normalized spacial score (nSPS) is 11.7. The van der Waals surface area contributed by atoms with Gasteiger partial charge in [-0.2, -0.15) is 0 Å². The number of H-pyrrole nitrogens is 1. The third kappa shape index (κ3) is 3.17. The maximum atomic E-state index is 13.6. The minimum absolute atomic E-state index is 0.126. The van der Waals surface area contributed by atoms with Gasteiger partial charge in [0.2, 0.25) is 10.0 Å². The molecule has 19 heavy (non-hydrogen) atoms. The van der Waals surface area contributed by atoms with Crippen LogP contribution in [0.3, 0.4) is 0 Å². The fraction of sp³-hybridized carbons (Fsp3) is 0.100. The van der Waals surface area contributed by atoms with Crippen molar-refractivity contribution < 1.29 is 17.2 Å². The van der Waals surface area contributed by atoms with Gasteiger partial charge in [0.15, 0.2) is 0 Å². The average molecular weight is 352 g/mol. The summed E-state index contributed by atoms with van der Waals surface area (Å²) in [6.45, 7) is -0.126. The Balaban J connectivity index is 2.29. The summed E-state index contributed by atoms with van der Waals surface area (Å²) in [6, 6.07) is 1.39. The van der Waals surface area contributed by atoms with Gasteiger partial charge in [0.1, 0.15) is 22.4 Å². The highest BCUT2D eigenvalue weighted by Gasteiger charge is 2.23. The van der Waals surface area contributed by atoms with E-state index in [1.54, 1.807) is 0 Å². The highest BCUT2D eigenvalue weighted by Crippen LogP contribution is 2.26. The third-order valence-electron chi connectivity index (χ3n) is 2.22. The first-order chi connectivity index (χ1) is 8.90. The van der Waals surface area contributed by atoms with Gasteiger partial charge < -0.3 is 4.98 Å². The summed E-state index contributed by atoms with van der Waals surface area (Å²) in [5.74, 6) is -1.66. The molecular weight excluding hydrogens is 344 g/mol. The minimum atomic E-state index is -4.11. The van der Waals surface area contributed by atoms with Crippen molar-refractivity contribution in [2.75, 3.05) is 0 Å². The second-order valence-corrected chi connectivity index (χ2v) is 6.12. The highest BCUT2D eigenvalue weighted by atomic mass is 79.9. The van der Waals surface area contributed by atoms with Crippen molar-refractivity contribution >= 4 is 26.0 Å². The van der Waals surface area contributed by atoms with Crippen molar-refractivity contribution in [2.45, 2.75) is 11.4 Å². The van der Waals surface area contributed by atoms with E-state index in [0.717, 1.165) is 6.07 Å². The van der Waals surface area contributed by atoms with Crippen LogP contribution in [-0.4, -0.2) is 18.4 Å². The number of rotatable bonds is 4. The zero-order valence-corrected chi connectivity index (χ0v) is 11.7. The Morgan fingerprint density at radius 1 is 1.37 bits per heavy atom. The van der Waals surface area contributed by atoms with Crippen LogP contribution in [-0.2, 0) is 16.6 Å². The Bertz CT molecular complexity index is 666. The fourth-order valence-electron chi connectivity index (χ4n) is 1.42. The SMILES string of the molecule is O=S(=O)(NCc1ncc[nH]1)c1c(F)cc(F)cc1Br. The number of hydrogen-bond donors (Lipinski definition) is 2. The Hall–Kier alpha value is -1.32. The molecule has 0 radical (unpaired) electrons. The van der Waals surface area contributed by atoms with E-state index in [1.165, 1.54) is 12.4 Å². The average Bonchev–Trinajstić information content (AvgIpc) is 2.77. The Morgan fingerprint density at radius 3 is 2.68 bits per heavy atom. The molecule has 0 bridgehead atoms. The van der Waals surface area contributed by atoms with Crippen LogP contribution in [0.1, 0.15) is 5.82 Å². The number of nitrogens with zero attached hydrogens (tertiary/aromatic N) is 1. The van der Waals surface area contributed by atoms with Gasteiger partial charge in [0, 0.05) is 22.9 Å². The molecule has 1 heterocycles. The summed E-state index contributed by atoms with van der Waals surface area (Å²) < 4.78 is 52.3. The molecule has 0 spiro atoms. The van der Waals surface area contributed by atoms with Gasteiger partial charge in [-0.3, -0.25) is 0 Å². The predicted octanol–water partition coefficient (Wildman–Crippen LogP) is 1.93. The molecule has 0 aliphatic rings. The molecule has 0 fully saturated rings. The van der Waals surface area contributed by atoms with Gasteiger partial charge in [0.25, 0.3) is 0 Å². The first-order valence-corrected chi connectivity index (χ1v) is 7.30. The first-order valence-electron chi connectivity index (χ1n) is 5.02. The molecular formula is C10H8BrF2N3O2S. The molecule has 5 nitrogen and oxygen atoms in total. The molecule has 2 rings (SSSR count). The summed E-state index contributed by atoms with van der Waals surface area (Å²) in [7, 11) is -4.11. The molecule has 0 atom stereocenters. The van der Waals surface area contributed by atoms with Crippen LogP contribution in [0.5, 0.6) is 0 Å². The van der Waals surface area contributed by atoms with E-state index in [-0.39, 0.29) is 11.0 Å². The van der Waals surface area contributed by atoms with Crippen molar-refractivity contribution in [1.29, 1.82) is 0 Å². The molecule has 0 aliphatic heterocycles. The van der Waals surface area contributed by atoms with Gasteiger partial charge in [-0.15, -0.1) is 0 Å². The van der Waals surface area contributed by atoms with Crippen LogP contribution in [0.4, 0.5) is 8.78 Å². The Labute approximate surface area is 116 Å². The minimum Gasteiger partial charge on any atom is -0.347 e. The summed E-state index contributed by atoms with van der Waals surface area (Å²) in [5.41, 5.74) is 0. The summed E-state index contributed by atoms with van der Waals surface area (Å²) in [4.78, 5) is 5.88. The second-order valence-electron chi connectivity index (χ2n) is 3.56. The Morgan fingerprint density at radius 2 is 2.11 bits per heavy atom. The molecule has 0 unspecified atom stereocenters. The number of sulfonamides is 1. The van der Waals surface area contributed by atoms with E-state index >= 15 is 0 Å². The molecule has 9 heteroatoms. The molecule has 0 aliphatic carbocycles. The van der Waals surface area contributed by atoms with Crippen LogP contribution < -0.4 is 4.72 Å². The molecule has 1 aromatic carbocycles. The maximum Gasteiger partial charge on any atom is 0.245 e. The maximum absolute atomic E-state index is 13.6. The van der Waals surface area contributed by atoms with E-state index in [1.807, 2.05) is 0 Å². The molecule has 0 saturated carbocycles. The number of halogens is 3. The summed E-state index contributed by atoms with van der Waals surface area (Å²) in [5, 5.41) is 0. The van der Waals surface area contributed by atoms with Crippen LogP contribution >= 0.6 is 15.9 Å². The second kappa shape index (κ2) is 5.35. The lowest BCUT2D eigenvalue weighted by Crippen LogP contribution is -2.25. The number of hydrogen-bond acceptors (Lipinski definition) is 3. The van der Waals surface area contributed by atoms with Crippen LogP contribution in [0, 0.1) is 11.6 Å². The van der Waals surface area contributed by atoms with Gasteiger partial charge in [-0.1, -0.05) is 0 Å². The third-order valence-corrected chi connectivity index (χ3v) is 4.58. The lowest BCUT2D eigenvalue weighted by Gasteiger charge is -2.08. The zero-order chi connectivity index (χ0) is 14.0. The van der Waals surface area contributed by atoms with Crippen molar-refractivity contribution in [3.05, 3.63) is 46.5 Å². The summed E-state index contributed by atoms with van der Waals surface area (Å²) in [6.07, 6.45) is 2.98. The van der Waals surface area contributed by atoms with Gasteiger partial charge in [0.05, 0.1) is 6.54 Å². The molecule has 1 aromatic heterocycles. The largest absolute Gasteiger partial charge is 0.347 e. The number of nitrogens with one attached hydrogen (secondary N) is 2. The molecule has 0 amide bonds. The monoisotopic (exact) mass is 351 g/mol. The quantitative estimate of drug-likeness (QED) is 0.883. The standard InChI is InChI=1S/C10H8BrF2N3O2S/c11-7-3-6(12)4-8(13)10(7)19(17,18)16-5-9-14-1-2-15-9/h1-4,16H,5H2,(H,14,15). The van der Waals surface area contributed by atoms with E-state index in [4.69, 9.17) is 0 Å². The van der Waals surface area contributed by atoms with Crippen LogP contribution in [0.25, 0.3) is 0 Å². The predicted molar refractivity (Wildman–Crippen MR) is 66.7 cm³/mol. The lowest BCUT2D eigenvalue weighted by atomic mass is 10.3. The van der Waals surface area contributed by atoms with Gasteiger partial charge in [-0.05, 0) is 22.0 Å². The highest BCUT2D eigenvalue weighted by molar-refractivity contribution is 9.10. The molecule has 2 aromatic rings. The number of aromatic nitrogens is 2. The first kappa shape index (κ1) is 14.1. The van der Waals surface area contributed by atoms with Crippen LogP contribution in [0.15, 0.2) is 33.9 Å². The van der Waals surface area contributed by atoms with E-state index in [0.29, 0.717) is 11.9 Å². The lowest BCUT2D eigenvalue weighted by molar-refractivity contribution is 0.540. The molecule has 2 N–H and O–H groups in total. The topological polar surface area (TPSA) is 74.8 Å². The van der Waals surface area contributed by atoms with E-state index < -0.39 is 26.6 Å². The Kier molecular flexibility index (Phi) is 3.97. The van der Waals surface area contributed by atoms with E-state index in [9.17, 15) is 17.2 Å². The van der Waals surface area contributed by atoms with Crippen LogP contribution in [0.2, 0.25) is 0 Å². The number of benzene rings is 1. The fourth-order valence-corrected chi connectivity index (χ4v) is 3.57.